The van der Waals surface area contributed by atoms with Gasteiger partial charge in [-0.25, -0.2) is 4.39 Å². The van der Waals surface area contributed by atoms with Gasteiger partial charge in [-0.15, -0.1) is 0 Å². The fraction of sp³-hybridized carbons (Fsp3) is 0.133. The molecule has 0 aromatic heterocycles. The van der Waals surface area contributed by atoms with Crippen LogP contribution in [0.2, 0.25) is 5.02 Å². The lowest BCUT2D eigenvalue weighted by Crippen LogP contribution is -2.22. The van der Waals surface area contributed by atoms with Gasteiger partial charge in [0.05, 0.1) is 10.6 Å². The second kappa shape index (κ2) is 5.92. The molecule has 5 heteroatoms. The van der Waals surface area contributed by atoms with Crippen LogP contribution < -0.4 is 5.32 Å². The molecule has 3 nitrogen and oxygen atoms in total. The molecular formula is C15H13ClFNO2. The maximum absolute atomic E-state index is 13.0. The molecule has 2 N–H and O–H groups in total. The Labute approximate surface area is 121 Å². The third-order valence-corrected chi connectivity index (χ3v) is 3.12. The number of nitrogens with one attached hydrogen (secondary N) is 1. The predicted molar refractivity (Wildman–Crippen MR) is 75.4 cm³/mol. The first kappa shape index (κ1) is 14.3. The van der Waals surface area contributed by atoms with E-state index in [-0.39, 0.29) is 22.9 Å². The fourth-order valence-electron chi connectivity index (χ4n) is 1.76. The molecule has 0 atom stereocenters. The van der Waals surface area contributed by atoms with Crippen LogP contribution in [0.1, 0.15) is 21.5 Å². The van der Waals surface area contributed by atoms with E-state index < -0.39 is 11.7 Å². The molecule has 0 heterocycles. The van der Waals surface area contributed by atoms with E-state index in [1.807, 2.05) is 6.92 Å². The van der Waals surface area contributed by atoms with Crippen molar-refractivity contribution in [3.8, 4) is 5.75 Å². The zero-order valence-electron chi connectivity index (χ0n) is 10.8. The summed E-state index contributed by atoms with van der Waals surface area (Å²) in [4.78, 5) is 11.9. The number of halogens is 2. The number of hydrogen-bond acceptors (Lipinski definition) is 2. The zero-order chi connectivity index (χ0) is 14.7. The van der Waals surface area contributed by atoms with Crippen LogP contribution in [0.15, 0.2) is 36.4 Å². The van der Waals surface area contributed by atoms with E-state index in [1.54, 1.807) is 12.1 Å². The number of benzene rings is 2. The van der Waals surface area contributed by atoms with Crippen molar-refractivity contribution in [3.63, 3.8) is 0 Å². The van der Waals surface area contributed by atoms with Gasteiger partial charge in [0.25, 0.3) is 5.91 Å². The summed E-state index contributed by atoms with van der Waals surface area (Å²) in [6.07, 6.45) is 0. The maximum atomic E-state index is 13.0. The van der Waals surface area contributed by atoms with Crippen molar-refractivity contribution in [2.75, 3.05) is 0 Å². The van der Waals surface area contributed by atoms with Crippen LogP contribution in [-0.2, 0) is 6.54 Å². The highest BCUT2D eigenvalue weighted by molar-refractivity contribution is 6.30. The number of amides is 1. The van der Waals surface area contributed by atoms with Gasteiger partial charge < -0.3 is 10.4 Å². The van der Waals surface area contributed by atoms with E-state index in [1.165, 1.54) is 24.3 Å². The minimum Gasteiger partial charge on any atom is -0.507 e. The van der Waals surface area contributed by atoms with Crippen LogP contribution in [0.25, 0.3) is 0 Å². The van der Waals surface area contributed by atoms with Crippen LogP contribution in [0.4, 0.5) is 4.39 Å². The average Bonchev–Trinajstić information content (AvgIpc) is 2.40. The first-order chi connectivity index (χ1) is 9.47. The van der Waals surface area contributed by atoms with Gasteiger partial charge in [0.2, 0.25) is 0 Å². The minimum atomic E-state index is -0.502. The third-order valence-electron chi connectivity index (χ3n) is 2.83. The topological polar surface area (TPSA) is 49.3 Å². The first-order valence-electron chi connectivity index (χ1n) is 5.99. The van der Waals surface area contributed by atoms with Crippen molar-refractivity contribution in [3.05, 3.63) is 63.9 Å². The smallest absolute Gasteiger partial charge is 0.255 e. The van der Waals surface area contributed by atoms with Gasteiger partial charge in [0.1, 0.15) is 11.6 Å². The molecule has 0 saturated heterocycles. The largest absolute Gasteiger partial charge is 0.507 e. The van der Waals surface area contributed by atoms with Gasteiger partial charge in [0, 0.05) is 6.54 Å². The average molecular weight is 294 g/mol. The van der Waals surface area contributed by atoms with Crippen molar-refractivity contribution >= 4 is 17.5 Å². The normalized spacial score (nSPS) is 10.3. The minimum absolute atomic E-state index is 0.00920. The van der Waals surface area contributed by atoms with Crippen molar-refractivity contribution in [2.24, 2.45) is 0 Å². The molecule has 104 valence electrons. The summed E-state index contributed by atoms with van der Waals surface area (Å²) in [7, 11) is 0. The Morgan fingerprint density at radius 2 is 2.05 bits per heavy atom. The van der Waals surface area contributed by atoms with E-state index in [0.717, 1.165) is 5.56 Å². The molecule has 2 rings (SSSR count). The summed E-state index contributed by atoms with van der Waals surface area (Å²) in [6, 6.07) is 9.04. The Morgan fingerprint density at radius 3 is 2.70 bits per heavy atom. The lowest BCUT2D eigenvalue weighted by molar-refractivity contribution is 0.0948. The third kappa shape index (κ3) is 3.27. The summed E-state index contributed by atoms with van der Waals surface area (Å²) < 4.78 is 13.0. The zero-order valence-corrected chi connectivity index (χ0v) is 11.5. The van der Waals surface area contributed by atoms with Crippen molar-refractivity contribution in [1.82, 2.24) is 5.32 Å². The van der Waals surface area contributed by atoms with Crippen LogP contribution in [0.3, 0.4) is 0 Å². The fourth-order valence-corrected chi connectivity index (χ4v) is 1.96. The number of carbonyl (C=O) groups excluding carboxylic acids is 1. The van der Waals surface area contributed by atoms with Crippen LogP contribution in [0, 0.1) is 12.7 Å². The summed E-state index contributed by atoms with van der Waals surface area (Å²) in [6.45, 7) is 2.02. The van der Waals surface area contributed by atoms with Gasteiger partial charge in [-0.3, -0.25) is 4.79 Å². The lowest BCUT2D eigenvalue weighted by atomic mass is 10.1. The molecule has 1 amide bonds. The highest BCUT2D eigenvalue weighted by atomic mass is 35.5. The maximum Gasteiger partial charge on any atom is 0.255 e. The molecule has 0 fully saturated rings. The molecule has 0 spiro atoms. The SMILES string of the molecule is Cc1ccc(C(=O)NCc2ccc(F)c(Cl)c2)c(O)c1. The quantitative estimate of drug-likeness (QED) is 0.911. The second-order valence-corrected chi connectivity index (χ2v) is 4.86. The molecular weight excluding hydrogens is 281 g/mol. The molecule has 0 unspecified atom stereocenters. The molecule has 0 bridgehead atoms. The molecule has 0 saturated carbocycles. The predicted octanol–water partition coefficient (Wildman–Crippen LogP) is 3.42. The van der Waals surface area contributed by atoms with Gasteiger partial charge in [-0.1, -0.05) is 23.7 Å². The molecule has 0 aliphatic rings. The number of aryl methyl sites for hydroxylation is 1. The number of aromatic hydroxyl groups is 1. The number of rotatable bonds is 3. The first-order valence-corrected chi connectivity index (χ1v) is 6.37. The number of phenolic OH excluding ortho intramolecular Hbond substituents is 1. The van der Waals surface area contributed by atoms with Crippen molar-refractivity contribution in [2.45, 2.75) is 13.5 Å². The molecule has 0 aliphatic heterocycles. The summed E-state index contributed by atoms with van der Waals surface area (Å²) in [5.74, 6) is -0.972. The highest BCUT2D eigenvalue weighted by Crippen LogP contribution is 2.19. The van der Waals surface area contributed by atoms with E-state index >= 15 is 0 Å². The van der Waals surface area contributed by atoms with E-state index in [0.29, 0.717) is 5.56 Å². The number of phenols is 1. The number of hydrogen-bond donors (Lipinski definition) is 2. The van der Waals surface area contributed by atoms with Gasteiger partial charge in [-0.2, -0.15) is 0 Å². The lowest BCUT2D eigenvalue weighted by Gasteiger charge is -2.08. The summed E-state index contributed by atoms with van der Waals surface area (Å²) >= 11 is 5.66. The molecule has 0 radical (unpaired) electrons. The van der Waals surface area contributed by atoms with Crippen LogP contribution in [0.5, 0.6) is 5.75 Å². The number of carbonyl (C=O) groups is 1. The molecule has 0 aliphatic carbocycles. The second-order valence-electron chi connectivity index (χ2n) is 4.45. The van der Waals surface area contributed by atoms with Gasteiger partial charge >= 0.3 is 0 Å². The Bertz CT molecular complexity index is 658. The summed E-state index contributed by atoms with van der Waals surface area (Å²) in [5.41, 5.74) is 1.74. The molecule has 2 aromatic rings. The Morgan fingerprint density at radius 1 is 1.30 bits per heavy atom. The van der Waals surface area contributed by atoms with Crippen LogP contribution >= 0.6 is 11.6 Å². The van der Waals surface area contributed by atoms with E-state index in [9.17, 15) is 14.3 Å². The standard InChI is InChI=1S/C15H13ClFNO2/c1-9-2-4-11(14(19)6-9)15(20)18-8-10-3-5-13(17)12(16)7-10/h2-7,19H,8H2,1H3,(H,18,20). The van der Waals surface area contributed by atoms with Gasteiger partial charge in [0.15, 0.2) is 0 Å². The van der Waals surface area contributed by atoms with Crippen molar-refractivity contribution < 1.29 is 14.3 Å². The summed E-state index contributed by atoms with van der Waals surface area (Å²) in [5, 5.41) is 12.4. The molecule has 20 heavy (non-hydrogen) atoms. The van der Waals surface area contributed by atoms with Crippen LogP contribution in [-0.4, -0.2) is 11.0 Å². The Kier molecular flexibility index (Phi) is 4.25. The van der Waals surface area contributed by atoms with Crippen molar-refractivity contribution in [1.29, 1.82) is 0 Å². The van der Waals surface area contributed by atoms with E-state index in [2.05, 4.69) is 5.32 Å². The molecule has 2 aromatic carbocycles. The van der Waals surface area contributed by atoms with E-state index in [4.69, 9.17) is 11.6 Å². The Balaban J connectivity index is 2.06. The highest BCUT2D eigenvalue weighted by Gasteiger charge is 2.11. The Hall–Kier alpha value is -2.07. The van der Waals surface area contributed by atoms with Gasteiger partial charge in [-0.05, 0) is 42.3 Å². The monoisotopic (exact) mass is 293 g/mol.